The summed E-state index contributed by atoms with van der Waals surface area (Å²) in [5, 5.41) is 0.908. The van der Waals surface area contributed by atoms with Gasteiger partial charge in [-0.15, -0.1) is 0 Å². The topological polar surface area (TPSA) is 29.1 Å². The minimum Gasteiger partial charge on any atom is -0.269 e. The number of halogens is 3. The van der Waals surface area contributed by atoms with Gasteiger partial charge in [0.05, 0.1) is 0 Å². The summed E-state index contributed by atoms with van der Waals surface area (Å²) < 4.78 is 35.4. The highest BCUT2D eigenvalue weighted by Gasteiger charge is 2.30. The average Bonchev–Trinajstić information content (AvgIpc) is 2.15. The van der Waals surface area contributed by atoms with Crippen molar-refractivity contribution in [1.29, 1.82) is 0 Å². The van der Waals surface area contributed by atoms with Crippen LogP contribution < -0.4 is 5.32 Å². The lowest BCUT2D eigenvalue weighted by Gasteiger charge is -2.08. The molecule has 0 aliphatic carbocycles. The van der Waals surface area contributed by atoms with E-state index in [0.29, 0.717) is 0 Å². The maximum absolute atomic E-state index is 11.8. The normalized spacial score (nSPS) is 10.9. The molecule has 1 aromatic rings. The van der Waals surface area contributed by atoms with Crippen molar-refractivity contribution < 1.29 is 18.0 Å². The van der Waals surface area contributed by atoms with Gasteiger partial charge in [-0.3, -0.25) is 10.1 Å². The van der Waals surface area contributed by atoms with Crippen LogP contribution in [0.25, 0.3) is 6.08 Å². The van der Waals surface area contributed by atoms with Crippen LogP contribution in [0, 0.1) is 0 Å². The molecule has 1 rings (SSSR count). The quantitative estimate of drug-likeness (QED) is 0.755. The van der Waals surface area contributed by atoms with Gasteiger partial charge in [0.1, 0.15) is 0 Å². The number of rotatable bonds is 2. The van der Waals surface area contributed by atoms with Gasteiger partial charge in [0, 0.05) is 5.56 Å². The summed E-state index contributed by atoms with van der Waals surface area (Å²) >= 11 is 0. The molecule has 0 radical (unpaired) electrons. The predicted octanol–water partition coefficient (Wildman–Crippen LogP) is 2.58. The molecule has 0 unspecified atom stereocenters. The second-order valence-corrected chi connectivity index (χ2v) is 2.78. The van der Waals surface area contributed by atoms with Crippen LogP contribution in [0.5, 0.6) is 0 Å². The van der Waals surface area contributed by atoms with E-state index in [-0.39, 0.29) is 5.56 Å². The summed E-state index contributed by atoms with van der Waals surface area (Å²) in [5.41, 5.74) is 0.691. The number of carbonyl (C=O) groups is 1. The number of hydrogen-bond donors (Lipinski definition) is 1. The second-order valence-electron chi connectivity index (χ2n) is 2.78. The Morgan fingerprint density at radius 1 is 1.27 bits per heavy atom. The van der Waals surface area contributed by atoms with Crippen LogP contribution in [0.1, 0.15) is 15.9 Å². The van der Waals surface area contributed by atoms with Crippen LogP contribution in [0.15, 0.2) is 30.8 Å². The fraction of sp³-hybridized carbons (Fsp3) is 0.100. The Hall–Kier alpha value is -1.78. The highest BCUT2D eigenvalue weighted by molar-refractivity contribution is 5.94. The van der Waals surface area contributed by atoms with E-state index in [4.69, 9.17) is 0 Å². The molecule has 0 aliphatic heterocycles. The summed E-state index contributed by atoms with van der Waals surface area (Å²) in [6.45, 7) is 3.48. The molecule has 1 aromatic carbocycles. The lowest BCUT2D eigenvalue weighted by Crippen LogP contribution is -2.37. The summed E-state index contributed by atoms with van der Waals surface area (Å²) in [6, 6.07) is 5.63. The maximum atomic E-state index is 11.8. The van der Waals surface area contributed by atoms with Gasteiger partial charge >= 0.3 is 6.30 Å². The first kappa shape index (κ1) is 11.3. The fourth-order valence-corrected chi connectivity index (χ4v) is 0.971. The van der Waals surface area contributed by atoms with E-state index in [1.165, 1.54) is 30.3 Å². The second kappa shape index (κ2) is 4.16. The zero-order chi connectivity index (χ0) is 11.5. The molecule has 0 aromatic heterocycles. The lowest BCUT2D eigenvalue weighted by molar-refractivity contribution is -0.146. The first-order valence-corrected chi connectivity index (χ1v) is 4.04. The summed E-state index contributed by atoms with van der Waals surface area (Å²) in [4.78, 5) is 11.0. The Morgan fingerprint density at radius 2 is 1.80 bits per heavy atom. The molecule has 80 valence electrons. The third kappa shape index (κ3) is 3.46. The molecule has 0 aliphatic rings. The van der Waals surface area contributed by atoms with E-state index in [1.54, 1.807) is 0 Å². The monoisotopic (exact) mass is 215 g/mol. The minimum atomic E-state index is -4.70. The van der Waals surface area contributed by atoms with E-state index in [0.717, 1.165) is 10.9 Å². The Balaban J connectivity index is 2.79. The third-order valence-corrected chi connectivity index (χ3v) is 1.66. The number of amides is 1. The molecule has 2 nitrogen and oxygen atoms in total. The SMILES string of the molecule is C=Cc1ccc(C(=O)NC(F)(F)F)cc1. The van der Waals surface area contributed by atoms with Crippen molar-refractivity contribution in [1.82, 2.24) is 5.32 Å². The molecule has 15 heavy (non-hydrogen) atoms. The van der Waals surface area contributed by atoms with Gasteiger partial charge < -0.3 is 0 Å². The molecular weight excluding hydrogens is 207 g/mol. The van der Waals surface area contributed by atoms with Gasteiger partial charge in [0.2, 0.25) is 0 Å². The molecule has 0 heterocycles. The molecule has 1 amide bonds. The first-order chi connectivity index (χ1) is 6.92. The molecule has 1 N–H and O–H groups in total. The van der Waals surface area contributed by atoms with E-state index in [1.807, 2.05) is 0 Å². The van der Waals surface area contributed by atoms with Crippen molar-refractivity contribution in [3.05, 3.63) is 42.0 Å². The first-order valence-electron chi connectivity index (χ1n) is 4.04. The van der Waals surface area contributed by atoms with E-state index < -0.39 is 12.2 Å². The highest BCUT2D eigenvalue weighted by Crippen LogP contribution is 2.12. The van der Waals surface area contributed by atoms with Gasteiger partial charge in [0.15, 0.2) is 0 Å². The van der Waals surface area contributed by atoms with Gasteiger partial charge in [-0.25, -0.2) is 0 Å². The smallest absolute Gasteiger partial charge is 0.269 e. The Bertz CT molecular complexity index is 367. The van der Waals surface area contributed by atoms with Gasteiger partial charge in [-0.1, -0.05) is 24.8 Å². The Labute approximate surface area is 84.4 Å². The van der Waals surface area contributed by atoms with Crippen molar-refractivity contribution in [2.75, 3.05) is 0 Å². The van der Waals surface area contributed by atoms with E-state index in [2.05, 4.69) is 6.58 Å². The molecule has 0 atom stereocenters. The maximum Gasteiger partial charge on any atom is 0.484 e. The van der Waals surface area contributed by atoms with Crippen molar-refractivity contribution in [2.24, 2.45) is 0 Å². The van der Waals surface area contributed by atoms with Crippen LogP contribution in [0.4, 0.5) is 13.2 Å². The number of carbonyl (C=O) groups excluding carboxylic acids is 1. The highest BCUT2D eigenvalue weighted by atomic mass is 19.4. The standard InChI is InChI=1S/C10H8F3NO/c1-2-7-3-5-8(6-4-7)9(15)14-10(11,12)13/h2-6H,1H2,(H,14,15). The van der Waals surface area contributed by atoms with Crippen LogP contribution in [-0.4, -0.2) is 12.2 Å². The average molecular weight is 215 g/mol. The minimum absolute atomic E-state index is 0.0436. The predicted molar refractivity (Wildman–Crippen MR) is 50.1 cm³/mol. The summed E-state index contributed by atoms with van der Waals surface area (Å²) in [6.07, 6.45) is -3.17. The Kier molecular flexibility index (Phi) is 3.14. The van der Waals surface area contributed by atoms with Crippen LogP contribution >= 0.6 is 0 Å². The molecule has 0 saturated heterocycles. The molecule has 0 saturated carbocycles. The zero-order valence-corrected chi connectivity index (χ0v) is 7.64. The van der Waals surface area contributed by atoms with Gasteiger partial charge in [-0.05, 0) is 17.7 Å². The largest absolute Gasteiger partial charge is 0.484 e. The van der Waals surface area contributed by atoms with Gasteiger partial charge in [-0.2, -0.15) is 13.2 Å². The van der Waals surface area contributed by atoms with E-state index in [9.17, 15) is 18.0 Å². The van der Waals surface area contributed by atoms with Crippen molar-refractivity contribution in [3.8, 4) is 0 Å². The number of nitrogens with one attached hydrogen (secondary N) is 1. The zero-order valence-electron chi connectivity index (χ0n) is 7.64. The Morgan fingerprint density at radius 3 is 2.20 bits per heavy atom. The van der Waals surface area contributed by atoms with E-state index >= 15 is 0 Å². The van der Waals surface area contributed by atoms with Gasteiger partial charge in [0.25, 0.3) is 5.91 Å². The van der Waals surface area contributed by atoms with Crippen LogP contribution in [-0.2, 0) is 0 Å². The van der Waals surface area contributed by atoms with Crippen LogP contribution in [0.3, 0.4) is 0 Å². The fourth-order valence-electron chi connectivity index (χ4n) is 0.971. The number of benzene rings is 1. The molecular formula is C10H8F3NO. The van der Waals surface area contributed by atoms with Crippen LogP contribution in [0.2, 0.25) is 0 Å². The number of alkyl halides is 3. The molecule has 0 spiro atoms. The third-order valence-electron chi connectivity index (χ3n) is 1.66. The molecule has 0 bridgehead atoms. The summed E-state index contributed by atoms with van der Waals surface area (Å²) in [5.74, 6) is -1.17. The number of hydrogen-bond acceptors (Lipinski definition) is 1. The molecule has 5 heteroatoms. The van der Waals surface area contributed by atoms with Crippen molar-refractivity contribution in [3.63, 3.8) is 0 Å². The van der Waals surface area contributed by atoms with Crippen molar-refractivity contribution in [2.45, 2.75) is 6.30 Å². The lowest BCUT2D eigenvalue weighted by atomic mass is 10.1. The molecule has 0 fully saturated rings. The van der Waals surface area contributed by atoms with Crippen molar-refractivity contribution >= 4 is 12.0 Å². The summed E-state index contributed by atoms with van der Waals surface area (Å²) in [7, 11) is 0.